The summed E-state index contributed by atoms with van der Waals surface area (Å²) in [5, 5.41) is 3.11. The number of ether oxygens (including phenoxy) is 1. The molecule has 3 heterocycles. The standard InChI is InChI=1S/C19H20N4O4/c20-18(25)13-6-9-23-15(21-13)10-22-8-7-14(24)17(16(22)19(23)26)27-11-12-4-2-1-3-5-12/h1-5,7-8,13,15,21H,6,9-11H2,(H2,20,25). The maximum atomic E-state index is 13.0. The van der Waals surface area contributed by atoms with E-state index in [1.807, 2.05) is 30.3 Å². The third kappa shape index (κ3) is 3.19. The summed E-state index contributed by atoms with van der Waals surface area (Å²) < 4.78 is 7.45. The van der Waals surface area contributed by atoms with Crippen LogP contribution in [0.1, 0.15) is 22.5 Å². The molecule has 4 rings (SSSR count). The molecule has 140 valence electrons. The molecule has 2 amide bonds. The van der Waals surface area contributed by atoms with Gasteiger partial charge in [0.2, 0.25) is 11.3 Å². The molecule has 1 aromatic heterocycles. The van der Waals surface area contributed by atoms with Gasteiger partial charge in [0.1, 0.15) is 12.8 Å². The zero-order valence-electron chi connectivity index (χ0n) is 14.6. The van der Waals surface area contributed by atoms with Crippen molar-refractivity contribution in [2.45, 2.75) is 31.8 Å². The molecule has 3 N–H and O–H groups in total. The molecular formula is C19H20N4O4. The Labute approximate surface area is 155 Å². The number of pyridine rings is 1. The van der Waals surface area contributed by atoms with Crippen LogP contribution in [0.3, 0.4) is 0 Å². The summed E-state index contributed by atoms with van der Waals surface area (Å²) >= 11 is 0. The van der Waals surface area contributed by atoms with Gasteiger partial charge in [0, 0.05) is 18.8 Å². The first-order valence-electron chi connectivity index (χ1n) is 8.81. The number of carbonyl (C=O) groups excluding carboxylic acids is 2. The molecule has 2 aliphatic heterocycles. The predicted octanol–water partition coefficient (Wildman–Crippen LogP) is 0.0564. The van der Waals surface area contributed by atoms with E-state index in [4.69, 9.17) is 10.5 Å². The Morgan fingerprint density at radius 1 is 1.22 bits per heavy atom. The Kier molecular flexibility index (Phi) is 4.41. The number of amides is 2. The van der Waals surface area contributed by atoms with Crippen LogP contribution in [0, 0.1) is 0 Å². The summed E-state index contributed by atoms with van der Waals surface area (Å²) in [5.41, 5.74) is 6.21. The SMILES string of the molecule is NC(=O)C1CCN2C(=O)c3c(OCc4ccccc4)c(=O)ccn3CC2N1. The normalized spacial score (nSPS) is 21.3. The molecule has 0 saturated carbocycles. The van der Waals surface area contributed by atoms with Gasteiger partial charge in [-0.1, -0.05) is 30.3 Å². The second kappa shape index (κ2) is 6.88. The van der Waals surface area contributed by atoms with Crippen molar-refractivity contribution in [1.29, 1.82) is 0 Å². The van der Waals surface area contributed by atoms with Crippen LogP contribution in [0.4, 0.5) is 0 Å². The number of hydrogen-bond donors (Lipinski definition) is 2. The van der Waals surface area contributed by atoms with Gasteiger partial charge in [-0.05, 0) is 12.0 Å². The molecule has 2 aliphatic rings. The monoisotopic (exact) mass is 368 g/mol. The van der Waals surface area contributed by atoms with Crippen molar-refractivity contribution in [2.75, 3.05) is 6.54 Å². The molecule has 27 heavy (non-hydrogen) atoms. The highest BCUT2D eigenvalue weighted by Gasteiger charge is 2.39. The van der Waals surface area contributed by atoms with Crippen molar-refractivity contribution in [1.82, 2.24) is 14.8 Å². The summed E-state index contributed by atoms with van der Waals surface area (Å²) in [6.45, 7) is 1.00. The van der Waals surface area contributed by atoms with Crippen molar-refractivity contribution >= 4 is 11.8 Å². The Morgan fingerprint density at radius 3 is 2.74 bits per heavy atom. The molecule has 1 aromatic carbocycles. The van der Waals surface area contributed by atoms with E-state index in [2.05, 4.69) is 5.32 Å². The minimum atomic E-state index is -0.464. The third-order valence-corrected chi connectivity index (χ3v) is 4.96. The number of hydrogen-bond acceptors (Lipinski definition) is 5. The Balaban J connectivity index is 1.64. The zero-order chi connectivity index (χ0) is 19.0. The Morgan fingerprint density at radius 2 is 2.00 bits per heavy atom. The van der Waals surface area contributed by atoms with Gasteiger partial charge in [0.15, 0.2) is 11.4 Å². The van der Waals surface area contributed by atoms with E-state index in [0.717, 1.165) is 5.56 Å². The summed E-state index contributed by atoms with van der Waals surface area (Å²) in [5.74, 6) is -0.663. The van der Waals surface area contributed by atoms with E-state index in [9.17, 15) is 14.4 Å². The first-order valence-corrected chi connectivity index (χ1v) is 8.81. The smallest absolute Gasteiger partial charge is 0.275 e. The van der Waals surface area contributed by atoms with Crippen molar-refractivity contribution in [3.05, 3.63) is 64.1 Å². The van der Waals surface area contributed by atoms with E-state index in [-0.39, 0.29) is 35.6 Å². The van der Waals surface area contributed by atoms with Gasteiger partial charge >= 0.3 is 0 Å². The summed E-state index contributed by atoms with van der Waals surface area (Å²) in [4.78, 5) is 38.5. The zero-order valence-corrected chi connectivity index (χ0v) is 14.6. The van der Waals surface area contributed by atoms with Gasteiger partial charge in [-0.2, -0.15) is 0 Å². The lowest BCUT2D eigenvalue weighted by Gasteiger charge is -2.43. The topological polar surface area (TPSA) is 107 Å². The second-order valence-electron chi connectivity index (χ2n) is 6.71. The highest BCUT2D eigenvalue weighted by molar-refractivity contribution is 5.96. The van der Waals surface area contributed by atoms with Crippen LogP contribution in [0.5, 0.6) is 5.75 Å². The van der Waals surface area contributed by atoms with Gasteiger partial charge in [-0.15, -0.1) is 0 Å². The van der Waals surface area contributed by atoms with E-state index in [1.165, 1.54) is 6.07 Å². The fraction of sp³-hybridized carbons (Fsp3) is 0.316. The third-order valence-electron chi connectivity index (χ3n) is 4.96. The molecule has 0 aliphatic carbocycles. The molecule has 1 saturated heterocycles. The fourth-order valence-electron chi connectivity index (χ4n) is 3.57. The molecular weight excluding hydrogens is 348 g/mol. The van der Waals surface area contributed by atoms with Crippen LogP contribution in [0.15, 0.2) is 47.4 Å². The van der Waals surface area contributed by atoms with Crippen molar-refractivity contribution < 1.29 is 14.3 Å². The van der Waals surface area contributed by atoms with Crippen LogP contribution >= 0.6 is 0 Å². The van der Waals surface area contributed by atoms with Crippen molar-refractivity contribution in [3.8, 4) is 5.75 Å². The van der Waals surface area contributed by atoms with Gasteiger partial charge < -0.3 is 19.9 Å². The number of nitrogens with one attached hydrogen (secondary N) is 1. The number of aromatic nitrogens is 1. The first-order chi connectivity index (χ1) is 13.0. The van der Waals surface area contributed by atoms with E-state index in [0.29, 0.717) is 19.5 Å². The second-order valence-corrected chi connectivity index (χ2v) is 6.71. The Bertz CT molecular complexity index is 940. The lowest BCUT2D eigenvalue weighted by atomic mass is 10.1. The van der Waals surface area contributed by atoms with Gasteiger partial charge in [0.05, 0.1) is 12.6 Å². The van der Waals surface area contributed by atoms with Crippen molar-refractivity contribution in [3.63, 3.8) is 0 Å². The molecule has 2 unspecified atom stereocenters. The number of fused-ring (bicyclic) bond motifs is 2. The van der Waals surface area contributed by atoms with Crippen LogP contribution < -0.4 is 21.2 Å². The molecule has 0 bridgehead atoms. The van der Waals surface area contributed by atoms with E-state index >= 15 is 0 Å². The molecule has 1 fully saturated rings. The first kappa shape index (κ1) is 17.3. The van der Waals surface area contributed by atoms with Crippen molar-refractivity contribution in [2.24, 2.45) is 5.73 Å². The molecule has 0 radical (unpaired) electrons. The average molecular weight is 368 g/mol. The quantitative estimate of drug-likeness (QED) is 0.793. The number of nitrogens with zero attached hydrogens (tertiary/aromatic N) is 2. The minimum Gasteiger partial charge on any atom is -0.483 e. The molecule has 2 atom stereocenters. The summed E-state index contributed by atoms with van der Waals surface area (Å²) in [7, 11) is 0. The van der Waals surface area contributed by atoms with Crippen LogP contribution in [-0.2, 0) is 17.9 Å². The lowest BCUT2D eigenvalue weighted by molar-refractivity contribution is -0.121. The van der Waals surface area contributed by atoms with Gasteiger partial charge in [0.25, 0.3) is 5.91 Å². The van der Waals surface area contributed by atoms with Crippen LogP contribution in [0.25, 0.3) is 0 Å². The number of rotatable bonds is 4. The van der Waals surface area contributed by atoms with Crippen LogP contribution in [-0.4, -0.2) is 40.0 Å². The number of primary amides is 1. The summed E-state index contributed by atoms with van der Waals surface area (Å²) in [6.07, 6.45) is 1.67. The summed E-state index contributed by atoms with van der Waals surface area (Å²) in [6, 6.07) is 10.4. The maximum absolute atomic E-state index is 13.0. The molecule has 8 heteroatoms. The van der Waals surface area contributed by atoms with E-state index < -0.39 is 11.9 Å². The molecule has 2 aromatic rings. The number of carbonyl (C=O) groups is 2. The highest BCUT2D eigenvalue weighted by Crippen LogP contribution is 2.25. The predicted molar refractivity (Wildman–Crippen MR) is 97.0 cm³/mol. The fourth-order valence-corrected chi connectivity index (χ4v) is 3.57. The largest absolute Gasteiger partial charge is 0.483 e. The van der Waals surface area contributed by atoms with Crippen LogP contribution in [0.2, 0.25) is 0 Å². The lowest BCUT2D eigenvalue weighted by Crippen LogP contribution is -2.64. The van der Waals surface area contributed by atoms with E-state index in [1.54, 1.807) is 15.7 Å². The number of nitrogens with two attached hydrogens (primary N) is 1. The molecule has 8 nitrogen and oxygen atoms in total. The highest BCUT2D eigenvalue weighted by atomic mass is 16.5. The molecule has 0 spiro atoms. The number of benzene rings is 1. The van der Waals surface area contributed by atoms with Gasteiger partial charge in [-0.25, -0.2) is 0 Å². The average Bonchev–Trinajstić information content (AvgIpc) is 2.68. The Hall–Kier alpha value is -3.13. The maximum Gasteiger partial charge on any atom is 0.275 e. The minimum absolute atomic E-state index is 0.0572. The van der Waals surface area contributed by atoms with Gasteiger partial charge in [-0.3, -0.25) is 19.7 Å².